The smallest absolute Gasteiger partial charge is 0.302 e. The molecule has 2 rings (SSSR count). The van der Waals surface area contributed by atoms with Gasteiger partial charge in [0.2, 0.25) is 0 Å². The summed E-state index contributed by atoms with van der Waals surface area (Å²) in [5, 5.41) is 9.35. The van der Waals surface area contributed by atoms with Crippen molar-refractivity contribution >= 4 is 27.7 Å². The summed E-state index contributed by atoms with van der Waals surface area (Å²) < 4.78 is 29.0. The minimum atomic E-state index is -3.62. The number of para-hydroxylation sites is 1. The lowest BCUT2D eigenvalue weighted by Gasteiger charge is -2.33. The van der Waals surface area contributed by atoms with Crippen molar-refractivity contribution in [2.75, 3.05) is 24.1 Å². The predicted octanol–water partition coefficient (Wildman–Crippen LogP) is 1.91. The minimum absolute atomic E-state index is 0.134. The van der Waals surface area contributed by atoms with Gasteiger partial charge in [-0.05, 0) is 31.2 Å². The maximum absolute atomic E-state index is 12.5. The fraction of sp³-hybridized carbons (Fsp3) is 0.538. The van der Waals surface area contributed by atoms with E-state index in [1.807, 2.05) is 18.4 Å². The molecular formula is C13H20N2O3S2. The van der Waals surface area contributed by atoms with E-state index in [-0.39, 0.29) is 12.6 Å². The molecule has 112 valence electrons. The number of piperidine rings is 1. The number of rotatable bonds is 5. The molecule has 0 aromatic heterocycles. The zero-order valence-electron chi connectivity index (χ0n) is 11.4. The lowest BCUT2D eigenvalue weighted by molar-refractivity contribution is 0.156. The summed E-state index contributed by atoms with van der Waals surface area (Å²) in [6.07, 6.45) is 4.41. The van der Waals surface area contributed by atoms with Crippen LogP contribution in [0.4, 0.5) is 5.69 Å². The highest BCUT2D eigenvalue weighted by Crippen LogP contribution is 2.27. The number of nitrogens with zero attached hydrogens (tertiary/aromatic N) is 1. The molecule has 0 amide bonds. The molecule has 0 radical (unpaired) electrons. The van der Waals surface area contributed by atoms with Crippen LogP contribution in [0.3, 0.4) is 0 Å². The van der Waals surface area contributed by atoms with E-state index in [1.165, 1.54) is 16.1 Å². The zero-order chi connectivity index (χ0) is 14.6. The Morgan fingerprint density at radius 3 is 2.85 bits per heavy atom. The summed E-state index contributed by atoms with van der Waals surface area (Å²) in [6.45, 7) is 0.326. The second-order valence-corrected chi connectivity index (χ2v) is 7.22. The Balaban J connectivity index is 2.22. The van der Waals surface area contributed by atoms with Crippen molar-refractivity contribution in [2.24, 2.45) is 0 Å². The molecule has 20 heavy (non-hydrogen) atoms. The molecule has 2 N–H and O–H groups in total. The number of aliphatic hydroxyl groups excluding tert-OH is 1. The van der Waals surface area contributed by atoms with E-state index in [1.54, 1.807) is 12.1 Å². The second-order valence-electron chi connectivity index (χ2n) is 4.75. The van der Waals surface area contributed by atoms with Gasteiger partial charge in [-0.1, -0.05) is 18.6 Å². The number of nitrogens with one attached hydrogen (secondary N) is 1. The van der Waals surface area contributed by atoms with Gasteiger partial charge in [0.15, 0.2) is 0 Å². The molecule has 5 nitrogen and oxygen atoms in total. The van der Waals surface area contributed by atoms with Crippen molar-refractivity contribution in [1.82, 2.24) is 4.31 Å². The van der Waals surface area contributed by atoms with E-state index in [2.05, 4.69) is 4.72 Å². The van der Waals surface area contributed by atoms with Crippen LogP contribution in [0.1, 0.15) is 19.3 Å². The second kappa shape index (κ2) is 6.80. The van der Waals surface area contributed by atoms with E-state index in [9.17, 15) is 13.5 Å². The van der Waals surface area contributed by atoms with Crippen LogP contribution in [0.25, 0.3) is 0 Å². The van der Waals surface area contributed by atoms with Crippen molar-refractivity contribution in [1.29, 1.82) is 0 Å². The topological polar surface area (TPSA) is 69.6 Å². The molecule has 1 aliphatic heterocycles. The predicted molar refractivity (Wildman–Crippen MR) is 82.2 cm³/mol. The van der Waals surface area contributed by atoms with Gasteiger partial charge in [-0.2, -0.15) is 12.7 Å². The largest absolute Gasteiger partial charge is 0.395 e. The first-order chi connectivity index (χ1) is 9.58. The van der Waals surface area contributed by atoms with E-state index in [0.29, 0.717) is 18.7 Å². The van der Waals surface area contributed by atoms with Gasteiger partial charge in [0.05, 0.1) is 12.3 Å². The van der Waals surface area contributed by atoms with Gasteiger partial charge in [-0.15, -0.1) is 11.8 Å². The zero-order valence-corrected chi connectivity index (χ0v) is 13.1. The Hall–Kier alpha value is -0.760. The average molecular weight is 316 g/mol. The number of hydrogen-bond acceptors (Lipinski definition) is 4. The number of hydrogen-bond donors (Lipinski definition) is 2. The summed E-state index contributed by atoms with van der Waals surface area (Å²) in [6, 6.07) is 6.99. The quantitative estimate of drug-likeness (QED) is 0.814. The monoisotopic (exact) mass is 316 g/mol. The van der Waals surface area contributed by atoms with Crippen LogP contribution in [-0.2, 0) is 10.2 Å². The van der Waals surface area contributed by atoms with Gasteiger partial charge >= 0.3 is 10.2 Å². The molecule has 1 saturated heterocycles. The molecule has 1 atom stereocenters. The molecule has 0 spiro atoms. The summed E-state index contributed by atoms with van der Waals surface area (Å²) in [4.78, 5) is 0.883. The summed E-state index contributed by atoms with van der Waals surface area (Å²) in [7, 11) is -3.62. The van der Waals surface area contributed by atoms with E-state index in [4.69, 9.17) is 0 Å². The number of thioether (sulfide) groups is 1. The molecule has 1 aliphatic rings. The van der Waals surface area contributed by atoms with Crippen molar-refractivity contribution in [3.8, 4) is 0 Å². The molecule has 1 unspecified atom stereocenters. The van der Waals surface area contributed by atoms with Crippen molar-refractivity contribution in [3.05, 3.63) is 24.3 Å². The Kier molecular flexibility index (Phi) is 5.31. The van der Waals surface area contributed by atoms with Crippen LogP contribution in [0.5, 0.6) is 0 Å². The first-order valence-electron chi connectivity index (χ1n) is 6.62. The Bertz CT molecular complexity index is 548. The van der Waals surface area contributed by atoms with Gasteiger partial charge in [0, 0.05) is 17.5 Å². The van der Waals surface area contributed by atoms with Gasteiger partial charge < -0.3 is 5.11 Å². The molecular weight excluding hydrogens is 296 g/mol. The van der Waals surface area contributed by atoms with E-state index in [0.717, 1.165) is 17.7 Å². The van der Waals surface area contributed by atoms with Gasteiger partial charge in [0.1, 0.15) is 0 Å². The summed E-state index contributed by atoms with van der Waals surface area (Å²) in [5.41, 5.74) is 0.585. The molecule has 1 aromatic rings. The first-order valence-corrected chi connectivity index (χ1v) is 9.28. The maximum atomic E-state index is 12.5. The van der Waals surface area contributed by atoms with Crippen molar-refractivity contribution < 1.29 is 13.5 Å². The van der Waals surface area contributed by atoms with Crippen molar-refractivity contribution in [3.63, 3.8) is 0 Å². The van der Waals surface area contributed by atoms with Crippen LogP contribution in [0, 0.1) is 0 Å². The summed E-state index contributed by atoms with van der Waals surface area (Å²) in [5.74, 6) is 0. The molecule has 7 heteroatoms. The van der Waals surface area contributed by atoms with E-state index < -0.39 is 10.2 Å². The SMILES string of the molecule is CSc1ccccc1NS(=O)(=O)N1CCCCC1CO. The molecule has 1 aromatic carbocycles. The number of anilines is 1. The third-order valence-electron chi connectivity index (χ3n) is 3.44. The van der Waals surface area contributed by atoms with Gasteiger partial charge in [0.25, 0.3) is 0 Å². The van der Waals surface area contributed by atoms with Gasteiger partial charge in [-0.3, -0.25) is 4.72 Å². The van der Waals surface area contributed by atoms with Crippen LogP contribution < -0.4 is 4.72 Å². The molecule has 0 saturated carbocycles. The Labute approximate surface area is 124 Å². The summed E-state index contributed by atoms with van der Waals surface area (Å²) >= 11 is 1.49. The highest BCUT2D eigenvalue weighted by atomic mass is 32.2. The highest BCUT2D eigenvalue weighted by molar-refractivity contribution is 7.98. The third kappa shape index (κ3) is 3.46. The fourth-order valence-corrected chi connectivity index (χ4v) is 4.52. The maximum Gasteiger partial charge on any atom is 0.302 e. The highest BCUT2D eigenvalue weighted by Gasteiger charge is 2.32. The average Bonchev–Trinajstić information content (AvgIpc) is 2.47. The Morgan fingerprint density at radius 2 is 2.15 bits per heavy atom. The Morgan fingerprint density at radius 1 is 1.40 bits per heavy atom. The number of benzene rings is 1. The van der Waals surface area contributed by atoms with Crippen LogP contribution in [-0.4, -0.2) is 43.3 Å². The normalized spacial score (nSPS) is 20.8. The lowest BCUT2D eigenvalue weighted by Crippen LogP contribution is -2.47. The van der Waals surface area contributed by atoms with E-state index >= 15 is 0 Å². The molecule has 0 aliphatic carbocycles. The lowest BCUT2D eigenvalue weighted by atomic mass is 10.1. The molecule has 1 fully saturated rings. The molecule has 0 bridgehead atoms. The molecule has 1 heterocycles. The number of aliphatic hydroxyl groups is 1. The third-order valence-corrected chi connectivity index (χ3v) is 5.81. The fourth-order valence-electron chi connectivity index (χ4n) is 2.40. The van der Waals surface area contributed by atoms with Crippen LogP contribution in [0.2, 0.25) is 0 Å². The van der Waals surface area contributed by atoms with Crippen LogP contribution >= 0.6 is 11.8 Å². The first kappa shape index (κ1) is 15.6. The standard InChI is InChI=1S/C13H20N2O3S2/c1-19-13-8-3-2-7-12(13)14-20(17,18)15-9-5-4-6-11(15)10-16/h2-3,7-8,11,14,16H,4-6,9-10H2,1H3. The minimum Gasteiger partial charge on any atom is -0.395 e. The van der Waals surface area contributed by atoms with Crippen molar-refractivity contribution in [2.45, 2.75) is 30.2 Å². The van der Waals surface area contributed by atoms with Gasteiger partial charge in [-0.25, -0.2) is 0 Å². The van der Waals surface area contributed by atoms with Crippen LogP contribution in [0.15, 0.2) is 29.2 Å².